The van der Waals surface area contributed by atoms with Gasteiger partial charge in [-0.05, 0) is 18.2 Å². The van der Waals surface area contributed by atoms with E-state index in [2.05, 4.69) is 0 Å². The molecule has 1 aliphatic rings. The van der Waals surface area contributed by atoms with Crippen LogP contribution in [0.5, 0.6) is 5.75 Å². The average molecular weight is 407 g/mol. The maximum atomic E-state index is 12.9. The Morgan fingerprint density at radius 1 is 0.963 bits per heavy atom. The Balaban J connectivity index is 1.87. The van der Waals surface area contributed by atoms with Gasteiger partial charge in [0.1, 0.15) is 5.75 Å². The highest BCUT2D eigenvalue weighted by Crippen LogP contribution is 2.37. The third kappa shape index (κ3) is 4.04. The van der Waals surface area contributed by atoms with Crippen LogP contribution >= 0.6 is 23.2 Å². The zero-order chi connectivity index (χ0) is 19.6. The number of phenols is 1. The van der Waals surface area contributed by atoms with Gasteiger partial charge in [-0.25, -0.2) is 0 Å². The third-order valence-corrected chi connectivity index (χ3v) is 5.34. The van der Waals surface area contributed by atoms with Crippen molar-refractivity contribution in [1.82, 2.24) is 9.80 Å². The fraction of sp³-hybridized carbons (Fsp3) is 0.300. The normalized spacial score (nSPS) is 14.3. The molecule has 142 valence electrons. The lowest BCUT2D eigenvalue weighted by Crippen LogP contribution is -2.50. The van der Waals surface area contributed by atoms with E-state index in [1.54, 1.807) is 21.9 Å². The number of aromatic hydroxyl groups is 1. The first-order valence-corrected chi connectivity index (χ1v) is 9.52. The van der Waals surface area contributed by atoms with E-state index < -0.39 is 0 Å². The molecule has 0 aliphatic carbocycles. The zero-order valence-corrected chi connectivity index (χ0v) is 16.4. The Labute approximate surface area is 168 Å². The molecule has 1 N–H and O–H groups in total. The summed E-state index contributed by atoms with van der Waals surface area (Å²) in [7, 11) is 0. The number of phenolic OH excluding ortho intramolecular Hbond substituents is 1. The Hall–Kier alpha value is -2.24. The van der Waals surface area contributed by atoms with Crippen LogP contribution in [0.3, 0.4) is 0 Å². The van der Waals surface area contributed by atoms with E-state index in [1.807, 2.05) is 25.1 Å². The standard InChI is InChI=1S/C20H20Cl2N2O3/c1-2-19(26)23-7-9-24(10-8-23)20(27)15-11-14(17(22)12-18(15)25)13-5-3-4-6-16(13)21/h3-6,11-12,25H,2,7-10H2,1H3. The number of carbonyl (C=O) groups is 2. The van der Waals surface area contributed by atoms with Gasteiger partial charge in [0.05, 0.1) is 10.6 Å². The number of nitrogens with zero attached hydrogens (tertiary/aromatic N) is 2. The second-order valence-electron chi connectivity index (χ2n) is 6.36. The lowest BCUT2D eigenvalue weighted by molar-refractivity contribution is -0.132. The molecule has 3 rings (SSSR count). The Kier molecular flexibility index (Phi) is 5.92. The van der Waals surface area contributed by atoms with Crippen LogP contribution in [0.1, 0.15) is 23.7 Å². The van der Waals surface area contributed by atoms with Crippen LogP contribution < -0.4 is 0 Å². The molecular formula is C20H20Cl2N2O3. The highest BCUT2D eigenvalue weighted by molar-refractivity contribution is 6.36. The van der Waals surface area contributed by atoms with Crippen molar-refractivity contribution in [3.05, 3.63) is 52.0 Å². The molecule has 2 aromatic rings. The first-order chi connectivity index (χ1) is 12.9. The van der Waals surface area contributed by atoms with Crippen molar-refractivity contribution in [2.45, 2.75) is 13.3 Å². The quantitative estimate of drug-likeness (QED) is 0.835. The minimum absolute atomic E-state index is 0.0810. The van der Waals surface area contributed by atoms with Crippen molar-refractivity contribution < 1.29 is 14.7 Å². The summed E-state index contributed by atoms with van der Waals surface area (Å²) in [4.78, 5) is 28.1. The molecule has 1 saturated heterocycles. The van der Waals surface area contributed by atoms with Crippen LogP contribution in [-0.4, -0.2) is 52.9 Å². The van der Waals surface area contributed by atoms with Gasteiger partial charge in [0.15, 0.2) is 0 Å². The number of carbonyl (C=O) groups excluding carboxylic acids is 2. The van der Waals surface area contributed by atoms with Crippen molar-refractivity contribution in [2.24, 2.45) is 0 Å². The van der Waals surface area contributed by atoms with E-state index in [-0.39, 0.29) is 23.1 Å². The van der Waals surface area contributed by atoms with Gasteiger partial charge < -0.3 is 14.9 Å². The molecule has 7 heteroatoms. The Morgan fingerprint density at radius 2 is 1.59 bits per heavy atom. The molecule has 0 bridgehead atoms. The largest absolute Gasteiger partial charge is 0.507 e. The highest BCUT2D eigenvalue weighted by Gasteiger charge is 2.26. The van der Waals surface area contributed by atoms with Crippen molar-refractivity contribution in [1.29, 1.82) is 0 Å². The number of hydrogen-bond donors (Lipinski definition) is 1. The molecule has 5 nitrogen and oxygen atoms in total. The van der Waals surface area contributed by atoms with E-state index in [0.717, 1.165) is 0 Å². The number of benzene rings is 2. The Bertz CT molecular complexity index is 878. The molecule has 0 aromatic heterocycles. The lowest BCUT2D eigenvalue weighted by atomic mass is 10.0. The van der Waals surface area contributed by atoms with Gasteiger partial charge in [0.2, 0.25) is 5.91 Å². The van der Waals surface area contributed by atoms with E-state index in [0.29, 0.717) is 53.8 Å². The van der Waals surface area contributed by atoms with Gasteiger partial charge in [0, 0.05) is 48.7 Å². The smallest absolute Gasteiger partial charge is 0.257 e. The molecule has 2 amide bonds. The summed E-state index contributed by atoms with van der Waals surface area (Å²) in [6.45, 7) is 3.65. The first-order valence-electron chi connectivity index (χ1n) is 8.76. The zero-order valence-electron chi connectivity index (χ0n) is 14.9. The van der Waals surface area contributed by atoms with E-state index >= 15 is 0 Å². The summed E-state index contributed by atoms with van der Waals surface area (Å²) in [6, 6.07) is 10.1. The maximum Gasteiger partial charge on any atom is 0.257 e. The fourth-order valence-corrected chi connectivity index (χ4v) is 3.67. The van der Waals surface area contributed by atoms with Crippen LogP contribution in [0.15, 0.2) is 36.4 Å². The predicted molar refractivity (Wildman–Crippen MR) is 106 cm³/mol. The summed E-state index contributed by atoms with van der Waals surface area (Å²) >= 11 is 12.5. The Morgan fingerprint density at radius 3 is 2.22 bits per heavy atom. The van der Waals surface area contributed by atoms with Crippen molar-refractivity contribution in [3.63, 3.8) is 0 Å². The molecule has 0 atom stereocenters. The van der Waals surface area contributed by atoms with Gasteiger partial charge in [-0.2, -0.15) is 0 Å². The molecule has 0 unspecified atom stereocenters. The van der Waals surface area contributed by atoms with Crippen LogP contribution in [0, 0.1) is 0 Å². The maximum absolute atomic E-state index is 12.9. The van der Waals surface area contributed by atoms with Gasteiger partial charge in [0.25, 0.3) is 5.91 Å². The summed E-state index contributed by atoms with van der Waals surface area (Å²) in [6.07, 6.45) is 0.452. The minimum atomic E-state index is -0.291. The average Bonchev–Trinajstić information content (AvgIpc) is 2.68. The van der Waals surface area contributed by atoms with Crippen LogP contribution in [0.2, 0.25) is 10.0 Å². The first kappa shape index (κ1) is 19.5. The molecule has 27 heavy (non-hydrogen) atoms. The third-order valence-electron chi connectivity index (χ3n) is 4.70. The predicted octanol–water partition coefficient (Wildman–Crippen LogP) is 4.06. The SMILES string of the molecule is CCC(=O)N1CCN(C(=O)c2cc(-c3ccccc3Cl)c(Cl)cc2O)CC1. The van der Waals surface area contributed by atoms with Crippen LogP contribution in [-0.2, 0) is 4.79 Å². The van der Waals surface area contributed by atoms with E-state index in [4.69, 9.17) is 23.2 Å². The van der Waals surface area contributed by atoms with Crippen LogP contribution in [0.25, 0.3) is 11.1 Å². The topological polar surface area (TPSA) is 60.9 Å². The number of halogens is 2. The molecule has 2 aromatic carbocycles. The molecule has 0 spiro atoms. The van der Waals surface area contributed by atoms with Gasteiger partial charge in [-0.3, -0.25) is 9.59 Å². The summed E-state index contributed by atoms with van der Waals surface area (Å²) < 4.78 is 0. The molecule has 0 saturated carbocycles. The number of hydrogen-bond acceptors (Lipinski definition) is 3. The lowest BCUT2D eigenvalue weighted by Gasteiger charge is -2.34. The summed E-state index contributed by atoms with van der Waals surface area (Å²) in [5.41, 5.74) is 1.45. The van der Waals surface area contributed by atoms with Crippen molar-refractivity contribution in [2.75, 3.05) is 26.2 Å². The summed E-state index contributed by atoms with van der Waals surface area (Å²) in [5, 5.41) is 11.1. The van der Waals surface area contributed by atoms with Crippen molar-refractivity contribution >= 4 is 35.0 Å². The molecule has 1 heterocycles. The van der Waals surface area contributed by atoms with Gasteiger partial charge >= 0.3 is 0 Å². The molecule has 0 radical (unpaired) electrons. The minimum Gasteiger partial charge on any atom is -0.507 e. The number of piperazine rings is 1. The van der Waals surface area contributed by atoms with Crippen molar-refractivity contribution in [3.8, 4) is 16.9 Å². The highest BCUT2D eigenvalue weighted by atomic mass is 35.5. The second-order valence-corrected chi connectivity index (χ2v) is 7.17. The molecule has 1 fully saturated rings. The number of amides is 2. The van der Waals surface area contributed by atoms with Gasteiger partial charge in [-0.15, -0.1) is 0 Å². The molecular weight excluding hydrogens is 387 g/mol. The van der Waals surface area contributed by atoms with E-state index in [1.165, 1.54) is 6.07 Å². The monoisotopic (exact) mass is 406 g/mol. The van der Waals surface area contributed by atoms with Gasteiger partial charge in [-0.1, -0.05) is 48.3 Å². The molecule has 1 aliphatic heterocycles. The van der Waals surface area contributed by atoms with E-state index in [9.17, 15) is 14.7 Å². The fourth-order valence-electron chi connectivity index (χ4n) is 3.17. The second kappa shape index (κ2) is 8.19. The number of rotatable bonds is 3. The summed E-state index contributed by atoms with van der Waals surface area (Å²) in [5.74, 6) is -0.383. The van der Waals surface area contributed by atoms with Crippen LogP contribution in [0.4, 0.5) is 0 Å².